The van der Waals surface area contributed by atoms with Gasteiger partial charge in [-0.05, 0) is 24.7 Å². The minimum absolute atomic E-state index is 0.0828. The Balaban J connectivity index is 2.23. The van der Waals surface area contributed by atoms with E-state index in [4.69, 9.17) is 0 Å². The Labute approximate surface area is 130 Å². The van der Waals surface area contributed by atoms with Crippen molar-refractivity contribution < 1.29 is 14.3 Å². The first-order valence-electron chi connectivity index (χ1n) is 7.13. The topological polar surface area (TPSA) is 46.6 Å². The van der Waals surface area contributed by atoms with Crippen molar-refractivity contribution in [3.63, 3.8) is 0 Å². The molecule has 0 aliphatic heterocycles. The Kier molecular flexibility index (Phi) is 8.59. The predicted octanol–water partition coefficient (Wildman–Crippen LogP) is 2.37. The molecule has 0 radical (unpaired) electrons. The first kappa shape index (κ1) is 17.6. The van der Waals surface area contributed by atoms with Crippen LogP contribution in [0.1, 0.15) is 18.9 Å². The lowest BCUT2D eigenvalue weighted by Gasteiger charge is -2.20. The number of hydrogen-bond donors (Lipinski definition) is 0. The second kappa shape index (κ2) is 10.3. The Morgan fingerprint density at radius 2 is 1.95 bits per heavy atom. The van der Waals surface area contributed by atoms with Gasteiger partial charge in [0.1, 0.15) is 0 Å². The molecule has 0 N–H and O–H groups in total. The van der Waals surface area contributed by atoms with Gasteiger partial charge in [0.25, 0.3) is 0 Å². The van der Waals surface area contributed by atoms with Crippen LogP contribution in [0.2, 0.25) is 0 Å². The number of aryl methyl sites for hydroxylation is 1. The number of ether oxygens (including phenoxy) is 1. The second-order valence-electron chi connectivity index (χ2n) is 4.59. The third-order valence-corrected chi connectivity index (χ3v) is 4.10. The minimum Gasteiger partial charge on any atom is -0.469 e. The number of amides is 1. The van der Waals surface area contributed by atoms with Gasteiger partial charge in [0.15, 0.2) is 0 Å². The number of hydrogen-bond acceptors (Lipinski definition) is 4. The zero-order chi connectivity index (χ0) is 15.5. The summed E-state index contributed by atoms with van der Waals surface area (Å²) in [4.78, 5) is 24.8. The van der Waals surface area contributed by atoms with Crippen LogP contribution in [-0.4, -0.2) is 48.5 Å². The predicted molar refractivity (Wildman–Crippen MR) is 86.4 cm³/mol. The maximum absolute atomic E-state index is 12.0. The number of rotatable bonds is 9. The molecule has 1 amide bonds. The van der Waals surface area contributed by atoms with Crippen LogP contribution in [0.15, 0.2) is 30.3 Å². The molecule has 0 saturated carbocycles. The summed E-state index contributed by atoms with van der Waals surface area (Å²) in [6, 6.07) is 10.2. The molecule has 0 saturated heterocycles. The third-order valence-electron chi connectivity index (χ3n) is 3.15. The summed E-state index contributed by atoms with van der Waals surface area (Å²) in [6.45, 7) is 2.97. The van der Waals surface area contributed by atoms with Gasteiger partial charge in [-0.25, -0.2) is 0 Å². The monoisotopic (exact) mass is 309 g/mol. The average molecular weight is 309 g/mol. The molecule has 0 aliphatic carbocycles. The number of carbonyl (C=O) groups excluding carboxylic acids is 2. The molecule has 1 aromatic rings. The van der Waals surface area contributed by atoms with Gasteiger partial charge in [-0.1, -0.05) is 30.3 Å². The van der Waals surface area contributed by atoms with Crippen molar-refractivity contribution in [2.75, 3.05) is 31.7 Å². The second-order valence-corrected chi connectivity index (χ2v) is 5.69. The smallest absolute Gasteiger partial charge is 0.307 e. The molecule has 0 heterocycles. The lowest BCUT2D eigenvalue weighted by molar-refractivity contribution is -0.141. The van der Waals surface area contributed by atoms with Crippen LogP contribution in [-0.2, 0) is 20.7 Å². The van der Waals surface area contributed by atoms with Crippen LogP contribution in [0.5, 0.6) is 0 Å². The van der Waals surface area contributed by atoms with E-state index in [0.29, 0.717) is 18.8 Å². The van der Waals surface area contributed by atoms with Crippen molar-refractivity contribution >= 4 is 23.6 Å². The van der Waals surface area contributed by atoms with Crippen molar-refractivity contribution in [1.29, 1.82) is 0 Å². The summed E-state index contributed by atoms with van der Waals surface area (Å²) in [5, 5.41) is 0. The molecule has 5 heteroatoms. The van der Waals surface area contributed by atoms with E-state index >= 15 is 0 Å². The molecule has 0 aliphatic rings. The molecule has 4 nitrogen and oxygen atoms in total. The van der Waals surface area contributed by atoms with Crippen molar-refractivity contribution in [2.45, 2.75) is 19.8 Å². The van der Waals surface area contributed by atoms with Crippen LogP contribution < -0.4 is 0 Å². The Morgan fingerprint density at radius 3 is 2.57 bits per heavy atom. The van der Waals surface area contributed by atoms with Crippen LogP contribution in [0.3, 0.4) is 0 Å². The van der Waals surface area contributed by atoms with Gasteiger partial charge in [-0.2, -0.15) is 11.8 Å². The van der Waals surface area contributed by atoms with Gasteiger partial charge >= 0.3 is 5.97 Å². The van der Waals surface area contributed by atoms with Gasteiger partial charge in [0.05, 0.1) is 19.3 Å². The van der Waals surface area contributed by atoms with E-state index in [9.17, 15) is 9.59 Å². The van der Waals surface area contributed by atoms with E-state index in [-0.39, 0.29) is 18.3 Å². The molecule has 21 heavy (non-hydrogen) atoms. The Hall–Kier alpha value is -1.49. The lowest BCUT2D eigenvalue weighted by Crippen LogP contribution is -2.34. The maximum atomic E-state index is 12.0. The number of thioether (sulfide) groups is 1. The molecule has 0 spiro atoms. The number of methoxy groups -OCH3 is 1. The summed E-state index contributed by atoms with van der Waals surface area (Å²) >= 11 is 1.63. The highest BCUT2D eigenvalue weighted by atomic mass is 32.2. The van der Waals surface area contributed by atoms with E-state index in [2.05, 4.69) is 16.9 Å². The fraction of sp³-hybridized carbons (Fsp3) is 0.500. The summed E-state index contributed by atoms with van der Waals surface area (Å²) in [5.74, 6) is 1.18. The molecule has 0 fully saturated rings. The van der Waals surface area contributed by atoms with Gasteiger partial charge in [-0.15, -0.1) is 0 Å². The Morgan fingerprint density at radius 1 is 1.24 bits per heavy atom. The van der Waals surface area contributed by atoms with Gasteiger partial charge < -0.3 is 9.64 Å². The van der Waals surface area contributed by atoms with Crippen LogP contribution in [0.25, 0.3) is 0 Å². The van der Waals surface area contributed by atoms with Gasteiger partial charge in [0.2, 0.25) is 5.91 Å². The van der Waals surface area contributed by atoms with Crippen LogP contribution in [0.4, 0.5) is 0 Å². The molecule has 0 bridgehead atoms. The molecule has 0 aromatic heterocycles. The largest absolute Gasteiger partial charge is 0.469 e. The van der Waals surface area contributed by atoms with E-state index in [0.717, 1.165) is 12.2 Å². The average Bonchev–Trinajstić information content (AvgIpc) is 2.52. The highest BCUT2D eigenvalue weighted by molar-refractivity contribution is 7.99. The van der Waals surface area contributed by atoms with Crippen LogP contribution >= 0.6 is 11.8 Å². The normalized spacial score (nSPS) is 10.2. The van der Waals surface area contributed by atoms with E-state index < -0.39 is 0 Å². The lowest BCUT2D eigenvalue weighted by atomic mass is 10.2. The zero-order valence-corrected chi connectivity index (χ0v) is 13.5. The van der Waals surface area contributed by atoms with Crippen molar-refractivity contribution in [1.82, 2.24) is 4.90 Å². The first-order chi connectivity index (χ1) is 10.2. The quantitative estimate of drug-likeness (QED) is 0.519. The highest BCUT2D eigenvalue weighted by Gasteiger charge is 2.13. The van der Waals surface area contributed by atoms with Gasteiger partial charge in [-0.3, -0.25) is 9.59 Å². The molecule has 1 aromatic carbocycles. The number of esters is 1. The molecule has 1 rings (SSSR count). The van der Waals surface area contributed by atoms with Gasteiger partial charge in [0, 0.05) is 13.1 Å². The SMILES string of the molecule is CCN(CCC(=O)OC)C(=O)CSCCc1ccccc1. The van der Waals surface area contributed by atoms with E-state index in [1.807, 2.05) is 25.1 Å². The van der Waals surface area contributed by atoms with Crippen LogP contribution in [0, 0.1) is 0 Å². The molecule has 0 unspecified atom stereocenters. The molecule has 116 valence electrons. The molecular formula is C16H23NO3S. The summed E-state index contributed by atoms with van der Waals surface area (Å²) in [7, 11) is 1.36. The van der Waals surface area contributed by atoms with Crippen molar-refractivity contribution in [2.24, 2.45) is 0 Å². The zero-order valence-electron chi connectivity index (χ0n) is 12.7. The Bertz CT molecular complexity index is 436. The summed E-state index contributed by atoms with van der Waals surface area (Å²) < 4.78 is 4.59. The number of nitrogens with zero attached hydrogens (tertiary/aromatic N) is 1. The molecule has 0 atom stereocenters. The van der Waals surface area contributed by atoms with E-state index in [1.165, 1.54) is 12.7 Å². The van der Waals surface area contributed by atoms with E-state index in [1.54, 1.807) is 16.7 Å². The number of carbonyl (C=O) groups is 2. The standard InChI is InChI=1S/C16H23NO3S/c1-3-17(11-9-16(19)20-2)15(18)13-21-12-10-14-7-5-4-6-8-14/h4-8H,3,9-13H2,1-2H3. The fourth-order valence-corrected chi connectivity index (χ4v) is 2.75. The third kappa shape index (κ3) is 7.18. The first-order valence-corrected chi connectivity index (χ1v) is 8.29. The highest BCUT2D eigenvalue weighted by Crippen LogP contribution is 2.08. The maximum Gasteiger partial charge on any atom is 0.307 e. The summed E-state index contributed by atoms with van der Waals surface area (Å²) in [5.41, 5.74) is 1.29. The fourth-order valence-electron chi connectivity index (χ4n) is 1.87. The summed E-state index contributed by atoms with van der Waals surface area (Å²) in [6.07, 6.45) is 1.22. The van der Waals surface area contributed by atoms with Crippen molar-refractivity contribution in [3.05, 3.63) is 35.9 Å². The van der Waals surface area contributed by atoms with Crippen molar-refractivity contribution in [3.8, 4) is 0 Å². The minimum atomic E-state index is -0.280. The molecular weight excluding hydrogens is 286 g/mol. The number of benzene rings is 1.